The molecule has 0 spiro atoms. The Morgan fingerprint density at radius 2 is 2.10 bits per heavy atom. The van der Waals surface area contributed by atoms with E-state index in [1.807, 2.05) is 35.9 Å². The van der Waals surface area contributed by atoms with Gasteiger partial charge in [0.05, 0.1) is 0 Å². The molecule has 0 saturated carbocycles. The molecule has 1 unspecified atom stereocenters. The lowest BCUT2D eigenvalue weighted by Crippen LogP contribution is -2.52. The van der Waals surface area contributed by atoms with Crippen molar-refractivity contribution >= 4 is 17.3 Å². The van der Waals surface area contributed by atoms with E-state index in [0.717, 1.165) is 5.52 Å². The molecule has 1 N–H and O–H groups in total. The van der Waals surface area contributed by atoms with Crippen molar-refractivity contribution in [3.8, 4) is 0 Å². The quantitative estimate of drug-likeness (QED) is 0.515. The lowest BCUT2D eigenvalue weighted by Gasteiger charge is -2.28. The number of hydrogen-bond donors (Lipinski definition) is 1. The fraction of sp³-hybridized carbons (Fsp3) is 0.333. The average molecular weight is 274 g/mol. The van der Waals surface area contributed by atoms with Gasteiger partial charge in [-0.25, -0.2) is 0 Å². The molecule has 106 valence electrons. The van der Waals surface area contributed by atoms with Crippen LogP contribution in [-0.4, -0.2) is 28.4 Å². The largest absolute Gasteiger partial charge is 0.436 e. The minimum atomic E-state index is -1.34. The number of ether oxygens (including phenoxy) is 1. The number of Topliss-reactive ketones (excluding diaryl/α,β-unsaturated/α-hetero) is 1. The number of likely N-dealkylation sites (N-methyl/N-ethyl adjacent to an activating group) is 1. The lowest BCUT2D eigenvalue weighted by atomic mass is 10.0. The van der Waals surface area contributed by atoms with Gasteiger partial charge in [0.15, 0.2) is 0 Å². The number of esters is 1. The van der Waals surface area contributed by atoms with Crippen LogP contribution in [0.3, 0.4) is 0 Å². The summed E-state index contributed by atoms with van der Waals surface area (Å²) in [6.45, 7) is 5.23. The summed E-state index contributed by atoms with van der Waals surface area (Å²) in [6, 6.07) is 7.31. The number of aromatic nitrogens is 1. The fourth-order valence-corrected chi connectivity index (χ4v) is 2.24. The SMILES string of the molecule is CCNC(C)(OC(C)=O)C(=O)c1ccn2cccc2c1. The number of carbonyl (C=O) groups excluding carboxylic acids is 2. The predicted molar refractivity (Wildman–Crippen MR) is 75.6 cm³/mol. The molecular weight excluding hydrogens is 256 g/mol. The maximum atomic E-state index is 12.6. The van der Waals surface area contributed by atoms with E-state index < -0.39 is 11.7 Å². The Morgan fingerprint density at radius 3 is 2.75 bits per heavy atom. The monoisotopic (exact) mass is 274 g/mol. The van der Waals surface area contributed by atoms with E-state index in [2.05, 4.69) is 5.32 Å². The van der Waals surface area contributed by atoms with Crippen molar-refractivity contribution in [2.45, 2.75) is 26.5 Å². The van der Waals surface area contributed by atoms with Crippen molar-refractivity contribution in [3.63, 3.8) is 0 Å². The van der Waals surface area contributed by atoms with Gasteiger partial charge >= 0.3 is 5.97 Å². The molecule has 0 bridgehead atoms. The minimum Gasteiger partial charge on any atom is -0.436 e. The third-order valence-electron chi connectivity index (χ3n) is 3.09. The van der Waals surface area contributed by atoms with E-state index >= 15 is 0 Å². The zero-order chi connectivity index (χ0) is 14.8. The number of hydrogen-bond acceptors (Lipinski definition) is 4. The summed E-state index contributed by atoms with van der Waals surface area (Å²) in [7, 11) is 0. The second-order valence-corrected chi connectivity index (χ2v) is 4.74. The smallest absolute Gasteiger partial charge is 0.304 e. The van der Waals surface area contributed by atoms with Crippen LogP contribution in [-0.2, 0) is 9.53 Å². The number of fused-ring (bicyclic) bond motifs is 1. The molecule has 0 aliphatic carbocycles. The lowest BCUT2D eigenvalue weighted by molar-refractivity contribution is -0.153. The third-order valence-corrected chi connectivity index (χ3v) is 3.09. The van der Waals surface area contributed by atoms with Gasteiger partial charge < -0.3 is 9.14 Å². The molecular formula is C15H18N2O3. The van der Waals surface area contributed by atoms with Crippen LogP contribution in [0.4, 0.5) is 0 Å². The van der Waals surface area contributed by atoms with Crippen LogP contribution in [0, 0.1) is 0 Å². The highest BCUT2D eigenvalue weighted by Gasteiger charge is 2.36. The second-order valence-electron chi connectivity index (χ2n) is 4.74. The highest BCUT2D eigenvalue weighted by molar-refractivity contribution is 6.03. The molecule has 5 nitrogen and oxygen atoms in total. The number of carbonyl (C=O) groups is 2. The number of ketones is 1. The number of pyridine rings is 1. The van der Waals surface area contributed by atoms with Crippen molar-refractivity contribution in [2.24, 2.45) is 0 Å². The van der Waals surface area contributed by atoms with Crippen LogP contribution < -0.4 is 5.32 Å². The summed E-state index contributed by atoms with van der Waals surface area (Å²) in [5.74, 6) is -0.760. The number of rotatable bonds is 5. The van der Waals surface area contributed by atoms with Gasteiger partial charge in [-0.1, -0.05) is 6.92 Å². The fourth-order valence-electron chi connectivity index (χ4n) is 2.24. The van der Waals surface area contributed by atoms with Gasteiger partial charge in [0.2, 0.25) is 11.5 Å². The topological polar surface area (TPSA) is 59.8 Å². The van der Waals surface area contributed by atoms with E-state index in [0.29, 0.717) is 12.1 Å². The highest BCUT2D eigenvalue weighted by atomic mass is 16.6. The zero-order valence-electron chi connectivity index (χ0n) is 11.8. The maximum Gasteiger partial charge on any atom is 0.304 e. The molecule has 0 aliphatic heterocycles. The molecule has 1 atom stereocenters. The second kappa shape index (κ2) is 5.46. The van der Waals surface area contributed by atoms with Gasteiger partial charge in [-0.3, -0.25) is 14.9 Å². The molecule has 0 radical (unpaired) electrons. The first-order chi connectivity index (χ1) is 9.46. The average Bonchev–Trinajstić information content (AvgIpc) is 2.84. The summed E-state index contributed by atoms with van der Waals surface area (Å²) in [4.78, 5) is 23.8. The summed E-state index contributed by atoms with van der Waals surface area (Å²) < 4.78 is 7.09. The maximum absolute atomic E-state index is 12.6. The molecule has 0 saturated heterocycles. The van der Waals surface area contributed by atoms with Crippen LogP contribution in [0.2, 0.25) is 0 Å². The van der Waals surface area contributed by atoms with Crippen molar-refractivity contribution < 1.29 is 14.3 Å². The summed E-state index contributed by atoms with van der Waals surface area (Å²) in [6.07, 6.45) is 3.71. The molecule has 0 amide bonds. The summed E-state index contributed by atoms with van der Waals surface area (Å²) in [5.41, 5.74) is 0.0735. The Balaban J connectivity index is 2.37. The van der Waals surface area contributed by atoms with Gasteiger partial charge in [0.1, 0.15) is 0 Å². The van der Waals surface area contributed by atoms with Crippen molar-refractivity contribution in [1.29, 1.82) is 0 Å². The van der Waals surface area contributed by atoms with Crippen molar-refractivity contribution in [1.82, 2.24) is 9.72 Å². The van der Waals surface area contributed by atoms with Crippen LogP contribution in [0.15, 0.2) is 36.7 Å². The van der Waals surface area contributed by atoms with E-state index in [9.17, 15) is 9.59 Å². The van der Waals surface area contributed by atoms with Crippen LogP contribution in [0.1, 0.15) is 31.1 Å². The third kappa shape index (κ3) is 2.72. The number of nitrogens with zero attached hydrogens (tertiary/aromatic N) is 1. The minimum absolute atomic E-state index is 0.266. The van der Waals surface area contributed by atoms with E-state index in [1.54, 1.807) is 19.1 Å². The predicted octanol–water partition coefficient (Wildman–Crippen LogP) is 2.01. The first kappa shape index (κ1) is 14.3. The standard InChI is InChI=1S/C15H18N2O3/c1-4-16-15(3,20-11(2)18)14(19)12-7-9-17-8-5-6-13(17)10-12/h5-10,16H,4H2,1-3H3. The molecule has 2 rings (SSSR count). The molecule has 2 aromatic rings. The first-order valence-electron chi connectivity index (χ1n) is 6.52. The van der Waals surface area contributed by atoms with Gasteiger partial charge in [0, 0.05) is 30.4 Å². The molecule has 0 fully saturated rings. The summed E-state index contributed by atoms with van der Waals surface area (Å²) in [5, 5.41) is 2.93. The molecule has 2 heterocycles. The van der Waals surface area contributed by atoms with Crippen LogP contribution in [0.25, 0.3) is 5.52 Å². The Hall–Kier alpha value is -2.14. The highest BCUT2D eigenvalue weighted by Crippen LogP contribution is 2.17. The van der Waals surface area contributed by atoms with Gasteiger partial charge in [-0.15, -0.1) is 0 Å². The van der Waals surface area contributed by atoms with Gasteiger partial charge in [0.25, 0.3) is 0 Å². The van der Waals surface area contributed by atoms with Gasteiger partial charge in [-0.2, -0.15) is 0 Å². The van der Waals surface area contributed by atoms with Crippen LogP contribution >= 0.6 is 0 Å². The Kier molecular flexibility index (Phi) is 3.90. The Labute approximate surface area is 117 Å². The van der Waals surface area contributed by atoms with E-state index in [-0.39, 0.29) is 5.78 Å². The van der Waals surface area contributed by atoms with Crippen LogP contribution in [0.5, 0.6) is 0 Å². The Bertz CT molecular complexity index is 647. The molecule has 5 heteroatoms. The summed E-state index contributed by atoms with van der Waals surface area (Å²) >= 11 is 0. The number of nitrogens with one attached hydrogen (secondary N) is 1. The Morgan fingerprint density at radius 1 is 1.35 bits per heavy atom. The van der Waals surface area contributed by atoms with E-state index in [4.69, 9.17) is 4.74 Å². The van der Waals surface area contributed by atoms with Gasteiger partial charge in [-0.05, 0) is 37.7 Å². The molecule has 0 aliphatic rings. The first-order valence-corrected chi connectivity index (χ1v) is 6.52. The zero-order valence-corrected chi connectivity index (χ0v) is 11.8. The van der Waals surface area contributed by atoms with Crippen molar-refractivity contribution in [2.75, 3.05) is 6.54 Å². The molecule has 2 aromatic heterocycles. The van der Waals surface area contributed by atoms with E-state index in [1.165, 1.54) is 6.92 Å². The normalized spacial score (nSPS) is 13.9. The molecule has 0 aromatic carbocycles. The van der Waals surface area contributed by atoms with Crippen molar-refractivity contribution in [3.05, 3.63) is 42.2 Å². The molecule has 20 heavy (non-hydrogen) atoms.